The van der Waals surface area contributed by atoms with Crippen LogP contribution in [0.2, 0.25) is 0 Å². The topological polar surface area (TPSA) is 0 Å². The Morgan fingerprint density at radius 2 is 1.50 bits per heavy atom. The van der Waals surface area contributed by atoms with Gasteiger partial charge in [0.05, 0.1) is 5.56 Å². The molecule has 0 aliphatic rings. The fourth-order valence-corrected chi connectivity index (χ4v) is 1.77. The second-order valence-electron chi connectivity index (χ2n) is 5.90. The van der Waals surface area contributed by atoms with Crippen molar-refractivity contribution in [3.8, 4) is 0 Å². The van der Waals surface area contributed by atoms with Gasteiger partial charge in [-0.25, -0.2) is 0 Å². The Labute approximate surface area is 107 Å². The number of hydrogen-bond donors (Lipinski definition) is 0. The van der Waals surface area contributed by atoms with Gasteiger partial charge in [-0.2, -0.15) is 13.2 Å². The minimum atomic E-state index is -4.27. The monoisotopic (exact) mass is 258 g/mol. The molecule has 0 N–H and O–H groups in total. The summed E-state index contributed by atoms with van der Waals surface area (Å²) in [5.74, 6) is 0.147. The molecule has 0 fully saturated rings. The van der Waals surface area contributed by atoms with Crippen LogP contribution in [0, 0.1) is 0 Å². The van der Waals surface area contributed by atoms with Crippen LogP contribution < -0.4 is 0 Å². The van der Waals surface area contributed by atoms with Crippen molar-refractivity contribution in [2.45, 2.75) is 58.5 Å². The highest BCUT2D eigenvalue weighted by Gasteiger charge is 2.32. The predicted octanol–water partition coefficient (Wildman–Crippen LogP) is 5.52. The van der Waals surface area contributed by atoms with Gasteiger partial charge in [-0.3, -0.25) is 0 Å². The highest BCUT2D eigenvalue weighted by molar-refractivity contribution is 5.37. The van der Waals surface area contributed by atoms with E-state index in [4.69, 9.17) is 0 Å². The molecule has 1 atom stereocenters. The minimum Gasteiger partial charge on any atom is -0.166 e. The van der Waals surface area contributed by atoms with Gasteiger partial charge in [0.25, 0.3) is 0 Å². The Balaban J connectivity index is 3.39. The molecule has 0 amide bonds. The molecular weight excluding hydrogens is 237 g/mol. The third kappa shape index (κ3) is 3.50. The van der Waals surface area contributed by atoms with Gasteiger partial charge in [0, 0.05) is 0 Å². The summed E-state index contributed by atoms with van der Waals surface area (Å²) in [6, 6.07) is 4.46. The first-order valence-corrected chi connectivity index (χ1v) is 6.28. The van der Waals surface area contributed by atoms with E-state index in [2.05, 4.69) is 0 Å². The Bertz CT molecular complexity index is 378. The van der Waals surface area contributed by atoms with Crippen molar-refractivity contribution >= 4 is 0 Å². The van der Waals surface area contributed by atoms with Gasteiger partial charge >= 0.3 is 6.18 Å². The highest BCUT2D eigenvalue weighted by Crippen LogP contribution is 2.35. The van der Waals surface area contributed by atoms with Crippen LogP contribution in [0.15, 0.2) is 18.2 Å². The molecule has 102 valence electrons. The van der Waals surface area contributed by atoms with Gasteiger partial charge in [-0.05, 0) is 41.0 Å². The number of alkyl halides is 3. The van der Waals surface area contributed by atoms with Crippen LogP contribution in [0.5, 0.6) is 0 Å². The van der Waals surface area contributed by atoms with Crippen LogP contribution in [-0.2, 0) is 11.6 Å². The summed E-state index contributed by atoms with van der Waals surface area (Å²) in [5, 5.41) is 0. The van der Waals surface area contributed by atoms with Crippen molar-refractivity contribution in [2.24, 2.45) is 0 Å². The Hall–Kier alpha value is -0.990. The fraction of sp³-hybridized carbons (Fsp3) is 0.600. The average molecular weight is 258 g/mol. The molecule has 0 aromatic heterocycles. The third-order valence-corrected chi connectivity index (χ3v) is 3.33. The summed E-state index contributed by atoms with van der Waals surface area (Å²) in [6.07, 6.45) is -3.44. The van der Waals surface area contributed by atoms with E-state index >= 15 is 0 Å². The lowest BCUT2D eigenvalue weighted by Gasteiger charge is -2.23. The molecule has 0 bridgehead atoms. The zero-order valence-electron chi connectivity index (χ0n) is 11.7. The number of rotatable bonds is 2. The minimum absolute atomic E-state index is 0.147. The van der Waals surface area contributed by atoms with Gasteiger partial charge in [0.2, 0.25) is 0 Å². The van der Waals surface area contributed by atoms with Crippen LogP contribution in [0.3, 0.4) is 0 Å². The van der Waals surface area contributed by atoms with Gasteiger partial charge in [-0.1, -0.05) is 40.7 Å². The molecule has 3 heteroatoms. The van der Waals surface area contributed by atoms with Crippen molar-refractivity contribution in [1.29, 1.82) is 0 Å². The summed E-state index contributed by atoms with van der Waals surface area (Å²) in [6.45, 7) is 9.75. The molecule has 1 unspecified atom stereocenters. The molecule has 0 saturated heterocycles. The molecule has 1 aromatic rings. The SMILES string of the molecule is CCC(C)c1cc(C(C)(C)C)cc(C(F)(F)F)c1. The normalized spacial score (nSPS) is 14.7. The Morgan fingerprint density at radius 1 is 1.00 bits per heavy atom. The van der Waals surface area contributed by atoms with Crippen LogP contribution in [-0.4, -0.2) is 0 Å². The van der Waals surface area contributed by atoms with Crippen LogP contribution in [0.25, 0.3) is 0 Å². The maximum Gasteiger partial charge on any atom is 0.416 e. The lowest BCUT2D eigenvalue weighted by atomic mass is 9.83. The Morgan fingerprint density at radius 3 is 1.89 bits per heavy atom. The number of halogens is 3. The van der Waals surface area contributed by atoms with E-state index < -0.39 is 11.7 Å². The lowest BCUT2D eigenvalue weighted by Crippen LogP contribution is -2.15. The van der Waals surface area contributed by atoms with Crippen LogP contribution in [0.4, 0.5) is 13.2 Å². The smallest absolute Gasteiger partial charge is 0.166 e. The molecule has 0 heterocycles. The van der Waals surface area contributed by atoms with Gasteiger partial charge in [0.15, 0.2) is 0 Å². The Kier molecular flexibility index (Phi) is 4.14. The van der Waals surface area contributed by atoms with Crippen molar-refractivity contribution in [1.82, 2.24) is 0 Å². The number of benzene rings is 1. The van der Waals surface area contributed by atoms with Crippen molar-refractivity contribution in [3.63, 3.8) is 0 Å². The van der Waals surface area contributed by atoms with E-state index in [0.29, 0.717) is 0 Å². The van der Waals surface area contributed by atoms with Crippen LogP contribution >= 0.6 is 0 Å². The third-order valence-electron chi connectivity index (χ3n) is 3.33. The van der Waals surface area contributed by atoms with E-state index in [-0.39, 0.29) is 11.3 Å². The molecule has 0 aliphatic carbocycles. The van der Waals surface area contributed by atoms with E-state index in [1.807, 2.05) is 40.7 Å². The van der Waals surface area contributed by atoms with Crippen LogP contribution in [0.1, 0.15) is 63.6 Å². The highest BCUT2D eigenvalue weighted by atomic mass is 19.4. The molecule has 18 heavy (non-hydrogen) atoms. The molecule has 0 radical (unpaired) electrons. The standard InChI is InChI=1S/C15H21F3/c1-6-10(2)11-7-12(14(3,4)5)9-13(8-11)15(16,17)18/h7-10H,6H2,1-5H3. The summed E-state index contributed by atoms with van der Waals surface area (Å²) in [4.78, 5) is 0. The summed E-state index contributed by atoms with van der Waals surface area (Å²) < 4.78 is 38.7. The fourth-order valence-electron chi connectivity index (χ4n) is 1.77. The predicted molar refractivity (Wildman–Crippen MR) is 68.9 cm³/mol. The van der Waals surface area contributed by atoms with Gasteiger partial charge in [0.1, 0.15) is 0 Å². The zero-order chi connectivity index (χ0) is 14.1. The molecule has 1 rings (SSSR count). The summed E-state index contributed by atoms with van der Waals surface area (Å²) in [5.41, 5.74) is 0.707. The quantitative estimate of drug-likeness (QED) is 0.655. The first-order valence-electron chi connectivity index (χ1n) is 6.28. The van der Waals surface area contributed by atoms with Crippen molar-refractivity contribution in [3.05, 3.63) is 34.9 Å². The maximum atomic E-state index is 12.9. The maximum absolute atomic E-state index is 12.9. The first-order chi connectivity index (χ1) is 8.05. The van der Waals surface area contributed by atoms with Crippen molar-refractivity contribution < 1.29 is 13.2 Å². The first kappa shape index (κ1) is 15.1. The molecule has 1 aromatic carbocycles. The largest absolute Gasteiger partial charge is 0.416 e. The second kappa shape index (κ2) is 4.94. The molecule has 0 aliphatic heterocycles. The van der Waals surface area contributed by atoms with Gasteiger partial charge < -0.3 is 0 Å². The van der Waals surface area contributed by atoms with E-state index in [0.717, 1.165) is 17.5 Å². The molecular formula is C15H21F3. The zero-order valence-corrected chi connectivity index (χ0v) is 11.7. The molecule has 0 spiro atoms. The average Bonchev–Trinajstić information content (AvgIpc) is 2.25. The molecule has 0 saturated carbocycles. The van der Waals surface area contributed by atoms with Crippen molar-refractivity contribution in [2.75, 3.05) is 0 Å². The van der Waals surface area contributed by atoms with E-state index in [1.165, 1.54) is 12.1 Å². The lowest BCUT2D eigenvalue weighted by molar-refractivity contribution is -0.137. The molecule has 0 nitrogen and oxygen atoms in total. The van der Waals surface area contributed by atoms with E-state index in [1.54, 1.807) is 0 Å². The van der Waals surface area contributed by atoms with E-state index in [9.17, 15) is 13.2 Å². The summed E-state index contributed by atoms with van der Waals surface area (Å²) in [7, 11) is 0. The second-order valence-corrected chi connectivity index (χ2v) is 5.90. The number of hydrogen-bond acceptors (Lipinski definition) is 0. The van der Waals surface area contributed by atoms with Gasteiger partial charge in [-0.15, -0.1) is 0 Å². The summed E-state index contributed by atoms with van der Waals surface area (Å²) >= 11 is 0.